The van der Waals surface area contributed by atoms with E-state index in [1.807, 2.05) is 19.1 Å². The van der Waals surface area contributed by atoms with Crippen LogP contribution in [0.3, 0.4) is 0 Å². The maximum absolute atomic E-state index is 10.3. The van der Waals surface area contributed by atoms with Crippen molar-refractivity contribution in [3.8, 4) is 0 Å². The summed E-state index contributed by atoms with van der Waals surface area (Å²) in [7, 11) is 0. The summed E-state index contributed by atoms with van der Waals surface area (Å²) in [5.41, 5.74) is 2.63. The molecule has 0 saturated carbocycles. The fourth-order valence-electron chi connectivity index (χ4n) is 2.03. The van der Waals surface area contributed by atoms with Gasteiger partial charge in [0.1, 0.15) is 0 Å². The molecule has 19 heavy (non-hydrogen) atoms. The normalized spacial score (nSPS) is 12.5. The molecule has 1 N–H and O–H groups in total. The standard InChI is InChI=1S/C15H13Cl3O/c1-9-6-11(16)2-4-13(9)15(19)8-10-7-12(17)3-5-14(10)18/h2-7,15,19H,8H2,1H3. The molecule has 0 heterocycles. The Morgan fingerprint density at radius 1 is 1.00 bits per heavy atom. The zero-order valence-corrected chi connectivity index (χ0v) is 12.6. The van der Waals surface area contributed by atoms with E-state index < -0.39 is 6.10 Å². The van der Waals surface area contributed by atoms with Crippen LogP contribution >= 0.6 is 34.8 Å². The van der Waals surface area contributed by atoms with Crippen LogP contribution in [0.15, 0.2) is 36.4 Å². The number of aliphatic hydroxyl groups is 1. The van der Waals surface area contributed by atoms with Gasteiger partial charge < -0.3 is 5.11 Å². The first kappa shape index (κ1) is 14.7. The predicted octanol–water partition coefficient (Wildman–Crippen LogP) is 5.23. The molecule has 0 bridgehead atoms. The highest BCUT2D eigenvalue weighted by Crippen LogP contribution is 2.28. The highest BCUT2D eigenvalue weighted by molar-refractivity contribution is 6.33. The zero-order chi connectivity index (χ0) is 14.0. The molecule has 0 radical (unpaired) electrons. The third-order valence-electron chi connectivity index (χ3n) is 3.01. The second-order valence-electron chi connectivity index (χ2n) is 4.46. The molecule has 0 spiro atoms. The lowest BCUT2D eigenvalue weighted by atomic mass is 9.98. The third kappa shape index (κ3) is 3.64. The molecule has 100 valence electrons. The van der Waals surface area contributed by atoms with Crippen LogP contribution in [0.1, 0.15) is 22.8 Å². The van der Waals surface area contributed by atoms with Gasteiger partial charge in [-0.25, -0.2) is 0 Å². The molecular weight excluding hydrogens is 303 g/mol. The minimum absolute atomic E-state index is 0.419. The zero-order valence-electron chi connectivity index (χ0n) is 10.3. The molecule has 2 aromatic carbocycles. The Hall–Kier alpha value is -0.730. The topological polar surface area (TPSA) is 20.2 Å². The fraction of sp³-hybridized carbons (Fsp3) is 0.200. The monoisotopic (exact) mass is 314 g/mol. The molecule has 2 aromatic rings. The molecule has 4 heteroatoms. The summed E-state index contributed by atoms with van der Waals surface area (Å²) in [6.07, 6.45) is -0.213. The summed E-state index contributed by atoms with van der Waals surface area (Å²) in [6, 6.07) is 10.7. The molecule has 0 aliphatic carbocycles. The smallest absolute Gasteiger partial charge is 0.0833 e. The molecule has 0 saturated heterocycles. The van der Waals surface area contributed by atoms with Gasteiger partial charge in [-0.15, -0.1) is 0 Å². The average Bonchev–Trinajstić information content (AvgIpc) is 2.33. The van der Waals surface area contributed by atoms with Crippen molar-refractivity contribution < 1.29 is 5.11 Å². The van der Waals surface area contributed by atoms with Crippen LogP contribution in [-0.4, -0.2) is 5.11 Å². The van der Waals surface area contributed by atoms with Crippen LogP contribution in [0.4, 0.5) is 0 Å². The van der Waals surface area contributed by atoms with Gasteiger partial charge in [0.2, 0.25) is 0 Å². The highest BCUT2D eigenvalue weighted by Gasteiger charge is 2.13. The summed E-state index contributed by atoms with van der Waals surface area (Å²) in [4.78, 5) is 0. The lowest BCUT2D eigenvalue weighted by Crippen LogP contribution is -2.04. The van der Waals surface area contributed by atoms with Crippen molar-refractivity contribution in [1.82, 2.24) is 0 Å². The van der Waals surface area contributed by atoms with Crippen molar-refractivity contribution in [2.75, 3.05) is 0 Å². The van der Waals surface area contributed by atoms with Gasteiger partial charge in [0.15, 0.2) is 0 Å². The number of halogens is 3. The van der Waals surface area contributed by atoms with Crippen molar-refractivity contribution in [3.05, 3.63) is 68.2 Å². The van der Waals surface area contributed by atoms with Gasteiger partial charge in [0.25, 0.3) is 0 Å². The number of hydrogen-bond acceptors (Lipinski definition) is 1. The first-order valence-corrected chi connectivity index (χ1v) is 6.99. The molecule has 0 aliphatic heterocycles. The van der Waals surface area contributed by atoms with E-state index >= 15 is 0 Å². The van der Waals surface area contributed by atoms with Crippen molar-refractivity contribution in [2.45, 2.75) is 19.4 Å². The van der Waals surface area contributed by atoms with Gasteiger partial charge >= 0.3 is 0 Å². The van der Waals surface area contributed by atoms with Crippen molar-refractivity contribution >= 4 is 34.8 Å². The number of rotatable bonds is 3. The van der Waals surface area contributed by atoms with E-state index in [1.54, 1.807) is 24.3 Å². The van der Waals surface area contributed by atoms with E-state index in [9.17, 15) is 5.11 Å². The summed E-state index contributed by atoms with van der Waals surface area (Å²) in [5, 5.41) is 12.2. The fourth-order valence-corrected chi connectivity index (χ4v) is 2.65. The van der Waals surface area contributed by atoms with Gasteiger partial charge in [-0.3, -0.25) is 0 Å². The van der Waals surface area contributed by atoms with E-state index in [0.717, 1.165) is 16.7 Å². The van der Waals surface area contributed by atoms with Gasteiger partial charge in [0, 0.05) is 21.5 Å². The maximum Gasteiger partial charge on any atom is 0.0833 e. The number of hydrogen-bond donors (Lipinski definition) is 1. The Morgan fingerprint density at radius 3 is 2.32 bits per heavy atom. The predicted molar refractivity (Wildman–Crippen MR) is 81.3 cm³/mol. The number of aryl methyl sites for hydroxylation is 1. The largest absolute Gasteiger partial charge is 0.388 e. The molecule has 1 nitrogen and oxygen atoms in total. The molecule has 0 amide bonds. The second-order valence-corrected chi connectivity index (χ2v) is 5.74. The van der Waals surface area contributed by atoms with Crippen LogP contribution in [-0.2, 0) is 6.42 Å². The van der Waals surface area contributed by atoms with E-state index in [2.05, 4.69) is 0 Å². The average molecular weight is 316 g/mol. The van der Waals surface area contributed by atoms with Crippen molar-refractivity contribution in [2.24, 2.45) is 0 Å². The van der Waals surface area contributed by atoms with Gasteiger partial charge in [-0.05, 0) is 53.9 Å². The number of benzene rings is 2. The molecule has 0 fully saturated rings. The lowest BCUT2D eigenvalue weighted by molar-refractivity contribution is 0.178. The van der Waals surface area contributed by atoms with Crippen molar-refractivity contribution in [1.29, 1.82) is 0 Å². The summed E-state index contributed by atoms with van der Waals surface area (Å²) in [5.74, 6) is 0. The van der Waals surface area contributed by atoms with Crippen LogP contribution in [0, 0.1) is 6.92 Å². The molecule has 0 aliphatic rings. The molecule has 0 aromatic heterocycles. The SMILES string of the molecule is Cc1cc(Cl)ccc1C(O)Cc1cc(Cl)ccc1Cl. The van der Waals surface area contributed by atoms with E-state index in [0.29, 0.717) is 21.5 Å². The second kappa shape index (κ2) is 6.15. The summed E-state index contributed by atoms with van der Waals surface area (Å²) in [6.45, 7) is 1.92. The molecule has 2 rings (SSSR count). The number of aliphatic hydroxyl groups excluding tert-OH is 1. The maximum atomic E-state index is 10.3. The van der Waals surface area contributed by atoms with Gasteiger partial charge in [0.05, 0.1) is 6.10 Å². The minimum atomic E-state index is -0.631. The highest BCUT2D eigenvalue weighted by atomic mass is 35.5. The van der Waals surface area contributed by atoms with Crippen LogP contribution in [0.2, 0.25) is 15.1 Å². The van der Waals surface area contributed by atoms with Crippen molar-refractivity contribution in [3.63, 3.8) is 0 Å². The first-order valence-electron chi connectivity index (χ1n) is 5.85. The van der Waals surface area contributed by atoms with Crippen LogP contribution in [0.25, 0.3) is 0 Å². The summed E-state index contributed by atoms with van der Waals surface area (Å²) < 4.78 is 0. The Morgan fingerprint density at radius 2 is 1.63 bits per heavy atom. The van der Waals surface area contributed by atoms with Crippen LogP contribution < -0.4 is 0 Å². The Kier molecular flexibility index (Phi) is 4.75. The van der Waals surface area contributed by atoms with Crippen LogP contribution in [0.5, 0.6) is 0 Å². The van der Waals surface area contributed by atoms with E-state index in [-0.39, 0.29) is 0 Å². The molecule has 1 unspecified atom stereocenters. The Balaban J connectivity index is 2.25. The van der Waals surface area contributed by atoms with Gasteiger partial charge in [-0.2, -0.15) is 0 Å². The van der Waals surface area contributed by atoms with E-state index in [4.69, 9.17) is 34.8 Å². The quantitative estimate of drug-likeness (QED) is 0.822. The first-order chi connectivity index (χ1) is 8.97. The lowest BCUT2D eigenvalue weighted by Gasteiger charge is -2.15. The minimum Gasteiger partial charge on any atom is -0.388 e. The van der Waals surface area contributed by atoms with Gasteiger partial charge in [-0.1, -0.05) is 40.9 Å². The summed E-state index contributed by atoms with van der Waals surface area (Å²) >= 11 is 18.0. The Bertz CT molecular complexity index is 596. The molecular formula is C15H13Cl3O. The molecule has 1 atom stereocenters. The Labute approximate surface area is 127 Å². The third-order valence-corrected chi connectivity index (χ3v) is 3.85. The van der Waals surface area contributed by atoms with E-state index in [1.165, 1.54) is 0 Å².